The van der Waals surface area contributed by atoms with E-state index in [-0.39, 0.29) is 49.4 Å². The van der Waals surface area contributed by atoms with Crippen LogP contribution < -0.4 is 10.6 Å². The predicted molar refractivity (Wildman–Crippen MR) is 80.7 cm³/mol. The lowest BCUT2D eigenvalue weighted by Crippen LogP contribution is -2.36. The smallest absolute Gasteiger partial charge is 0.228 e. The molecule has 7 nitrogen and oxygen atoms in total. The van der Waals surface area contributed by atoms with Gasteiger partial charge in [0.05, 0.1) is 0 Å². The summed E-state index contributed by atoms with van der Waals surface area (Å²) in [5.74, 6) is -0.751. The predicted octanol–water partition coefficient (Wildman–Crippen LogP) is 0.337. The molecule has 124 valence electrons. The summed E-state index contributed by atoms with van der Waals surface area (Å²) in [7, 11) is 0. The topological polar surface area (TPSA) is 95.6 Å². The zero-order valence-electron chi connectivity index (χ0n) is 13.3. The second kappa shape index (κ2) is 9.17. The Kier molecular flexibility index (Phi) is 7.56. The molecule has 7 heteroatoms. The third kappa shape index (κ3) is 7.19. The van der Waals surface area contributed by atoms with Crippen LogP contribution in [0.2, 0.25) is 0 Å². The van der Waals surface area contributed by atoms with Crippen LogP contribution in [0.25, 0.3) is 0 Å². The van der Waals surface area contributed by atoms with E-state index < -0.39 is 0 Å². The van der Waals surface area contributed by atoms with Crippen LogP contribution in [0.3, 0.4) is 0 Å². The Balaban J connectivity index is 2.12. The van der Waals surface area contributed by atoms with Gasteiger partial charge in [0.25, 0.3) is 0 Å². The summed E-state index contributed by atoms with van der Waals surface area (Å²) in [6.07, 6.45) is 3.27. The van der Waals surface area contributed by atoms with Gasteiger partial charge in [-0.25, -0.2) is 0 Å². The molecule has 0 saturated heterocycles. The number of carbonyl (C=O) groups is 4. The van der Waals surface area contributed by atoms with E-state index in [1.54, 1.807) is 6.92 Å². The van der Waals surface area contributed by atoms with Gasteiger partial charge >= 0.3 is 0 Å². The first kappa shape index (κ1) is 18.1. The van der Waals surface area contributed by atoms with Crippen molar-refractivity contribution in [2.24, 2.45) is 0 Å². The van der Waals surface area contributed by atoms with Crippen LogP contribution in [-0.4, -0.2) is 47.7 Å². The monoisotopic (exact) mass is 311 g/mol. The molecule has 0 unspecified atom stereocenters. The summed E-state index contributed by atoms with van der Waals surface area (Å²) < 4.78 is 0. The summed E-state index contributed by atoms with van der Waals surface area (Å²) in [4.78, 5) is 47.0. The number of imide groups is 1. The Morgan fingerprint density at radius 1 is 1.09 bits per heavy atom. The second-order valence-electron chi connectivity index (χ2n) is 5.46. The van der Waals surface area contributed by atoms with Crippen LogP contribution in [0, 0.1) is 0 Å². The van der Waals surface area contributed by atoms with Crippen LogP contribution in [0.1, 0.15) is 52.4 Å². The number of nitrogens with one attached hydrogen (secondary N) is 2. The lowest BCUT2D eigenvalue weighted by Gasteiger charge is -2.18. The van der Waals surface area contributed by atoms with Crippen molar-refractivity contribution in [1.29, 1.82) is 0 Å². The maximum Gasteiger partial charge on any atom is 0.228 e. The molecule has 0 bridgehead atoms. The highest BCUT2D eigenvalue weighted by atomic mass is 16.2. The molecule has 1 aliphatic rings. The average Bonchev–Trinajstić information content (AvgIpc) is 3.26. The molecule has 1 saturated carbocycles. The van der Waals surface area contributed by atoms with Crippen molar-refractivity contribution in [3.8, 4) is 0 Å². The Morgan fingerprint density at radius 3 is 2.32 bits per heavy atom. The molecule has 0 heterocycles. The van der Waals surface area contributed by atoms with Crippen molar-refractivity contribution in [2.45, 2.75) is 58.4 Å². The van der Waals surface area contributed by atoms with Gasteiger partial charge in [-0.2, -0.15) is 0 Å². The Morgan fingerprint density at radius 2 is 1.77 bits per heavy atom. The van der Waals surface area contributed by atoms with E-state index in [1.165, 1.54) is 6.92 Å². The summed E-state index contributed by atoms with van der Waals surface area (Å²) >= 11 is 0. The summed E-state index contributed by atoms with van der Waals surface area (Å²) in [6, 6.07) is 0.330. The molecule has 0 aliphatic heterocycles. The first-order chi connectivity index (χ1) is 10.4. The molecule has 0 aromatic rings. The molecule has 0 aromatic carbocycles. The van der Waals surface area contributed by atoms with Gasteiger partial charge in [0.2, 0.25) is 23.6 Å². The van der Waals surface area contributed by atoms with Crippen LogP contribution >= 0.6 is 0 Å². The highest BCUT2D eigenvalue weighted by molar-refractivity contribution is 5.94. The molecule has 0 atom stereocenters. The van der Waals surface area contributed by atoms with Gasteiger partial charge in [0, 0.05) is 45.3 Å². The van der Waals surface area contributed by atoms with Gasteiger partial charge in [-0.05, 0) is 19.3 Å². The molecule has 0 aromatic heterocycles. The number of carbonyl (C=O) groups excluding carboxylic acids is 4. The van der Waals surface area contributed by atoms with Gasteiger partial charge in [0.15, 0.2) is 0 Å². The van der Waals surface area contributed by atoms with Crippen molar-refractivity contribution in [1.82, 2.24) is 15.5 Å². The maximum atomic E-state index is 11.6. The Labute approximate surface area is 130 Å². The molecule has 2 N–H and O–H groups in total. The van der Waals surface area contributed by atoms with E-state index in [0.29, 0.717) is 19.0 Å². The molecule has 1 fully saturated rings. The number of hydrogen-bond donors (Lipinski definition) is 2. The van der Waals surface area contributed by atoms with Crippen LogP contribution in [0.5, 0.6) is 0 Å². The number of hydrogen-bond acceptors (Lipinski definition) is 4. The van der Waals surface area contributed by atoms with E-state index >= 15 is 0 Å². The van der Waals surface area contributed by atoms with Gasteiger partial charge in [0.1, 0.15) is 0 Å². The van der Waals surface area contributed by atoms with E-state index in [9.17, 15) is 19.2 Å². The lowest BCUT2D eigenvalue weighted by atomic mass is 10.2. The third-order valence-electron chi connectivity index (χ3n) is 3.39. The van der Waals surface area contributed by atoms with Gasteiger partial charge < -0.3 is 10.6 Å². The first-order valence-corrected chi connectivity index (χ1v) is 7.81. The standard InChI is InChI=1S/C15H25N3O4/c1-3-15(22)18(11(2)19)10-4-5-13(20)16-9-8-14(21)17-12-6-7-12/h12H,3-10H2,1-2H3,(H,16,20)(H,17,21). The number of rotatable bonds is 9. The van der Waals surface area contributed by atoms with E-state index in [0.717, 1.165) is 17.7 Å². The van der Waals surface area contributed by atoms with Crippen molar-refractivity contribution in [3.63, 3.8) is 0 Å². The van der Waals surface area contributed by atoms with Crippen LogP contribution in [-0.2, 0) is 19.2 Å². The largest absolute Gasteiger partial charge is 0.356 e. The fourth-order valence-electron chi connectivity index (χ4n) is 1.98. The van der Waals surface area contributed by atoms with Crippen molar-refractivity contribution in [2.75, 3.05) is 13.1 Å². The molecule has 4 amide bonds. The fraction of sp³-hybridized carbons (Fsp3) is 0.733. The van der Waals surface area contributed by atoms with E-state index in [2.05, 4.69) is 10.6 Å². The SMILES string of the molecule is CCC(=O)N(CCCC(=O)NCCC(=O)NC1CC1)C(C)=O. The Hall–Kier alpha value is -1.92. The van der Waals surface area contributed by atoms with Crippen LogP contribution in [0.15, 0.2) is 0 Å². The summed E-state index contributed by atoms with van der Waals surface area (Å²) in [6.45, 7) is 3.59. The molecular formula is C15H25N3O4. The minimum atomic E-state index is -0.302. The minimum Gasteiger partial charge on any atom is -0.356 e. The highest BCUT2D eigenvalue weighted by Gasteiger charge is 2.22. The molecule has 22 heavy (non-hydrogen) atoms. The summed E-state index contributed by atoms with van der Waals surface area (Å²) in [5, 5.41) is 5.51. The van der Waals surface area contributed by atoms with Crippen molar-refractivity contribution in [3.05, 3.63) is 0 Å². The van der Waals surface area contributed by atoms with Gasteiger partial charge in [-0.1, -0.05) is 6.92 Å². The van der Waals surface area contributed by atoms with Gasteiger partial charge in [-0.15, -0.1) is 0 Å². The minimum absolute atomic E-state index is 0.0425. The van der Waals surface area contributed by atoms with E-state index in [4.69, 9.17) is 0 Å². The van der Waals surface area contributed by atoms with Crippen LogP contribution in [0.4, 0.5) is 0 Å². The number of amides is 4. The zero-order chi connectivity index (χ0) is 16.5. The molecule has 1 aliphatic carbocycles. The quantitative estimate of drug-likeness (QED) is 0.642. The van der Waals surface area contributed by atoms with Crippen molar-refractivity contribution < 1.29 is 19.2 Å². The second-order valence-corrected chi connectivity index (χ2v) is 5.46. The fourth-order valence-corrected chi connectivity index (χ4v) is 1.98. The summed E-state index contributed by atoms with van der Waals surface area (Å²) in [5.41, 5.74) is 0. The molecule has 1 rings (SSSR count). The zero-order valence-corrected chi connectivity index (χ0v) is 13.3. The highest BCUT2D eigenvalue weighted by Crippen LogP contribution is 2.18. The molecular weight excluding hydrogens is 286 g/mol. The van der Waals surface area contributed by atoms with Gasteiger partial charge in [-0.3, -0.25) is 24.1 Å². The normalized spacial score (nSPS) is 13.4. The first-order valence-electron chi connectivity index (χ1n) is 7.81. The molecule has 0 spiro atoms. The number of nitrogens with zero attached hydrogens (tertiary/aromatic N) is 1. The van der Waals surface area contributed by atoms with E-state index in [1.807, 2.05) is 0 Å². The van der Waals surface area contributed by atoms with Crippen molar-refractivity contribution >= 4 is 23.6 Å². The average molecular weight is 311 g/mol. The maximum absolute atomic E-state index is 11.6. The molecule has 0 radical (unpaired) electrons. The third-order valence-corrected chi connectivity index (χ3v) is 3.39. The Bertz CT molecular complexity index is 433. The lowest BCUT2D eigenvalue weighted by molar-refractivity contribution is -0.143.